The van der Waals surface area contributed by atoms with E-state index in [1.807, 2.05) is 0 Å². The van der Waals surface area contributed by atoms with Crippen molar-refractivity contribution in [1.82, 2.24) is 10.2 Å². The van der Waals surface area contributed by atoms with Crippen molar-refractivity contribution >= 4 is 0 Å². The number of piperidine rings is 1. The third-order valence-electron chi connectivity index (χ3n) is 3.73. The molecule has 0 aromatic carbocycles. The smallest absolute Gasteiger partial charge is 0.0345 e. The molecule has 2 aliphatic rings. The number of rotatable bonds is 3. The lowest BCUT2D eigenvalue weighted by Gasteiger charge is -2.42. The van der Waals surface area contributed by atoms with Crippen LogP contribution in [-0.2, 0) is 0 Å². The SMILES string of the molecule is CC(C)CC1CCN(C2CNC2)CC1. The highest BCUT2D eigenvalue weighted by Gasteiger charge is 2.28. The van der Waals surface area contributed by atoms with Crippen LogP contribution in [0.1, 0.15) is 33.1 Å². The summed E-state index contributed by atoms with van der Waals surface area (Å²) in [5.74, 6) is 1.90. The fourth-order valence-electron chi connectivity index (χ4n) is 2.75. The summed E-state index contributed by atoms with van der Waals surface area (Å²) in [4.78, 5) is 2.69. The highest BCUT2D eigenvalue weighted by atomic mass is 15.2. The summed E-state index contributed by atoms with van der Waals surface area (Å²) < 4.78 is 0. The maximum Gasteiger partial charge on any atom is 0.0345 e. The first-order chi connectivity index (χ1) is 6.75. The van der Waals surface area contributed by atoms with Gasteiger partial charge in [0.25, 0.3) is 0 Å². The van der Waals surface area contributed by atoms with E-state index >= 15 is 0 Å². The molecule has 2 saturated heterocycles. The van der Waals surface area contributed by atoms with E-state index in [2.05, 4.69) is 24.1 Å². The van der Waals surface area contributed by atoms with Crippen LogP contribution in [0.15, 0.2) is 0 Å². The fourth-order valence-corrected chi connectivity index (χ4v) is 2.75. The minimum Gasteiger partial charge on any atom is -0.314 e. The van der Waals surface area contributed by atoms with Crippen LogP contribution >= 0.6 is 0 Å². The Kier molecular flexibility index (Phi) is 3.45. The second-order valence-electron chi connectivity index (χ2n) is 5.42. The largest absolute Gasteiger partial charge is 0.314 e. The first-order valence-electron chi connectivity index (χ1n) is 6.20. The van der Waals surface area contributed by atoms with Gasteiger partial charge in [0, 0.05) is 19.1 Å². The molecule has 0 unspecified atom stereocenters. The Balaban J connectivity index is 1.69. The normalized spacial score (nSPS) is 26.8. The zero-order chi connectivity index (χ0) is 9.97. The van der Waals surface area contributed by atoms with Gasteiger partial charge in [0.05, 0.1) is 0 Å². The Morgan fingerprint density at radius 1 is 1.21 bits per heavy atom. The third-order valence-corrected chi connectivity index (χ3v) is 3.73. The molecule has 0 spiro atoms. The van der Waals surface area contributed by atoms with Gasteiger partial charge in [0.1, 0.15) is 0 Å². The van der Waals surface area contributed by atoms with E-state index in [0.29, 0.717) is 0 Å². The minimum atomic E-state index is 0.870. The van der Waals surface area contributed by atoms with Crippen molar-refractivity contribution in [3.8, 4) is 0 Å². The molecule has 1 N–H and O–H groups in total. The molecule has 2 fully saturated rings. The predicted octanol–water partition coefficient (Wildman–Crippen LogP) is 1.72. The molecule has 0 amide bonds. The molecule has 14 heavy (non-hydrogen) atoms. The zero-order valence-electron chi connectivity index (χ0n) is 9.63. The first kappa shape index (κ1) is 10.4. The fraction of sp³-hybridized carbons (Fsp3) is 1.00. The summed E-state index contributed by atoms with van der Waals surface area (Å²) in [5.41, 5.74) is 0. The molecule has 0 radical (unpaired) electrons. The molecule has 0 aliphatic carbocycles. The third kappa shape index (κ3) is 2.48. The van der Waals surface area contributed by atoms with Gasteiger partial charge in [-0.1, -0.05) is 13.8 Å². The predicted molar refractivity (Wildman–Crippen MR) is 60.4 cm³/mol. The highest BCUT2D eigenvalue weighted by Crippen LogP contribution is 2.25. The van der Waals surface area contributed by atoms with Crippen molar-refractivity contribution in [3.05, 3.63) is 0 Å². The number of nitrogens with one attached hydrogen (secondary N) is 1. The second-order valence-corrected chi connectivity index (χ2v) is 5.42. The van der Waals surface area contributed by atoms with Gasteiger partial charge in [-0.05, 0) is 44.2 Å². The van der Waals surface area contributed by atoms with Crippen molar-refractivity contribution in [2.45, 2.75) is 39.2 Å². The Morgan fingerprint density at radius 3 is 2.29 bits per heavy atom. The van der Waals surface area contributed by atoms with E-state index in [-0.39, 0.29) is 0 Å². The average Bonchev–Trinajstić information content (AvgIpc) is 2.04. The van der Waals surface area contributed by atoms with Crippen LogP contribution in [0.4, 0.5) is 0 Å². The van der Waals surface area contributed by atoms with Crippen LogP contribution in [0.2, 0.25) is 0 Å². The van der Waals surface area contributed by atoms with Crippen LogP contribution in [0.3, 0.4) is 0 Å². The van der Waals surface area contributed by atoms with Crippen LogP contribution < -0.4 is 5.32 Å². The highest BCUT2D eigenvalue weighted by molar-refractivity contribution is 4.87. The van der Waals surface area contributed by atoms with Crippen LogP contribution in [0.25, 0.3) is 0 Å². The lowest BCUT2D eigenvalue weighted by Crippen LogP contribution is -2.58. The quantitative estimate of drug-likeness (QED) is 0.739. The van der Waals surface area contributed by atoms with E-state index < -0.39 is 0 Å². The number of hydrogen-bond donors (Lipinski definition) is 1. The van der Waals surface area contributed by atoms with Crippen molar-refractivity contribution < 1.29 is 0 Å². The zero-order valence-corrected chi connectivity index (χ0v) is 9.63. The Bertz CT molecular complexity index is 167. The average molecular weight is 196 g/mol. The molecule has 0 bridgehead atoms. The Labute approximate surface area is 88.1 Å². The molecule has 2 nitrogen and oxygen atoms in total. The molecule has 82 valence electrons. The maximum atomic E-state index is 3.36. The summed E-state index contributed by atoms with van der Waals surface area (Å²) in [6, 6.07) is 0.870. The van der Waals surface area contributed by atoms with Gasteiger partial charge >= 0.3 is 0 Å². The van der Waals surface area contributed by atoms with Gasteiger partial charge in [0.15, 0.2) is 0 Å². The topological polar surface area (TPSA) is 15.3 Å². The molecule has 2 heterocycles. The number of nitrogens with zero attached hydrogens (tertiary/aromatic N) is 1. The van der Waals surface area contributed by atoms with E-state index in [1.54, 1.807) is 0 Å². The lowest BCUT2D eigenvalue weighted by atomic mass is 9.88. The molecule has 0 aromatic rings. The first-order valence-corrected chi connectivity index (χ1v) is 6.20. The molecule has 2 aliphatic heterocycles. The van der Waals surface area contributed by atoms with E-state index in [1.165, 1.54) is 45.4 Å². The summed E-state index contributed by atoms with van der Waals surface area (Å²) in [7, 11) is 0. The molecule has 0 saturated carbocycles. The monoisotopic (exact) mass is 196 g/mol. The van der Waals surface area contributed by atoms with Crippen LogP contribution in [-0.4, -0.2) is 37.1 Å². The van der Waals surface area contributed by atoms with E-state index in [0.717, 1.165) is 17.9 Å². The Morgan fingerprint density at radius 2 is 1.86 bits per heavy atom. The number of hydrogen-bond acceptors (Lipinski definition) is 2. The van der Waals surface area contributed by atoms with Gasteiger partial charge in [0.2, 0.25) is 0 Å². The molecule has 0 atom stereocenters. The molecule has 2 heteroatoms. The minimum absolute atomic E-state index is 0.870. The van der Waals surface area contributed by atoms with Gasteiger partial charge in [-0.25, -0.2) is 0 Å². The van der Waals surface area contributed by atoms with Gasteiger partial charge in [-0.15, -0.1) is 0 Å². The molecule has 2 rings (SSSR count). The van der Waals surface area contributed by atoms with Crippen molar-refractivity contribution in [1.29, 1.82) is 0 Å². The lowest BCUT2D eigenvalue weighted by molar-refractivity contribution is 0.0931. The van der Waals surface area contributed by atoms with Gasteiger partial charge < -0.3 is 5.32 Å². The summed E-state index contributed by atoms with van der Waals surface area (Å²) in [6.45, 7) is 9.86. The Hall–Kier alpha value is -0.0800. The van der Waals surface area contributed by atoms with Gasteiger partial charge in [-0.2, -0.15) is 0 Å². The molecular weight excluding hydrogens is 172 g/mol. The van der Waals surface area contributed by atoms with E-state index in [4.69, 9.17) is 0 Å². The standard InChI is InChI=1S/C12H24N2/c1-10(2)7-11-3-5-14(6-4-11)12-8-13-9-12/h10-13H,3-9H2,1-2H3. The van der Waals surface area contributed by atoms with Crippen molar-refractivity contribution in [3.63, 3.8) is 0 Å². The molecule has 0 aromatic heterocycles. The van der Waals surface area contributed by atoms with Crippen molar-refractivity contribution in [2.75, 3.05) is 26.2 Å². The molecular formula is C12H24N2. The summed E-state index contributed by atoms with van der Waals surface area (Å²) in [5, 5.41) is 3.36. The summed E-state index contributed by atoms with van der Waals surface area (Å²) in [6.07, 6.45) is 4.32. The van der Waals surface area contributed by atoms with Crippen LogP contribution in [0, 0.1) is 11.8 Å². The summed E-state index contributed by atoms with van der Waals surface area (Å²) >= 11 is 0. The number of likely N-dealkylation sites (tertiary alicyclic amines) is 1. The van der Waals surface area contributed by atoms with Crippen molar-refractivity contribution in [2.24, 2.45) is 11.8 Å². The maximum absolute atomic E-state index is 3.36. The van der Waals surface area contributed by atoms with Gasteiger partial charge in [-0.3, -0.25) is 4.90 Å². The van der Waals surface area contributed by atoms with Crippen LogP contribution in [0.5, 0.6) is 0 Å². The second kappa shape index (κ2) is 4.63. The van der Waals surface area contributed by atoms with E-state index in [9.17, 15) is 0 Å².